The molecule has 0 bridgehead atoms. The van der Waals surface area contributed by atoms with Gasteiger partial charge in [-0.25, -0.2) is 0 Å². The molecule has 0 aliphatic rings. The molecule has 90 valence electrons. The molecule has 0 aromatic carbocycles. The molecular formula is C9H18O4S2. The van der Waals surface area contributed by atoms with Crippen molar-refractivity contribution in [1.29, 1.82) is 0 Å². The Morgan fingerprint density at radius 1 is 1.07 bits per heavy atom. The number of thiol groups is 2. The van der Waals surface area contributed by atoms with Crippen molar-refractivity contribution in [2.75, 3.05) is 0 Å². The summed E-state index contributed by atoms with van der Waals surface area (Å²) in [5.41, 5.74) is 0. The van der Waals surface area contributed by atoms with Crippen LogP contribution < -0.4 is 0 Å². The Balaban J connectivity index is 0. The van der Waals surface area contributed by atoms with Gasteiger partial charge in [-0.3, -0.25) is 9.59 Å². The van der Waals surface area contributed by atoms with Crippen LogP contribution in [0.2, 0.25) is 0 Å². The van der Waals surface area contributed by atoms with Crippen LogP contribution in [0.3, 0.4) is 0 Å². The van der Waals surface area contributed by atoms with Crippen molar-refractivity contribution in [3.63, 3.8) is 0 Å². The number of hydrogen-bond donors (Lipinski definition) is 4. The lowest BCUT2D eigenvalue weighted by molar-refractivity contribution is -0.137. The average Bonchev–Trinajstić information content (AvgIpc) is 2.17. The molecule has 6 heteroatoms. The molecule has 0 aliphatic carbocycles. The summed E-state index contributed by atoms with van der Waals surface area (Å²) in [5.74, 6) is -1.67. The summed E-state index contributed by atoms with van der Waals surface area (Å²) in [7, 11) is 0. The van der Waals surface area contributed by atoms with Crippen LogP contribution in [0.5, 0.6) is 0 Å². The standard InChI is InChI=1S/C5H10O2S.C4H8O2S/c1-2-3-4(8)5(6)7;1-2-3(7)4(5)6/h4,8H,2-3H2,1H3,(H,6,7);3,7H,2H2,1H3,(H,5,6). The van der Waals surface area contributed by atoms with Gasteiger partial charge in [0.05, 0.1) is 10.5 Å². The van der Waals surface area contributed by atoms with Gasteiger partial charge in [-0.15, -0.1) is 0 Å². The quantitative estimate of drug-likeness (QED) is 0.566. The van der Waals surface area contributed by atoms with Gasteiger partial charge in [0.2, 0.25) is 0 Å². The van der Waals surface area contributed by atoms with Crippen LogP contribution in [-0.4, -0.2) is 32.7 Å². The molecule has 4 nitrogen and oxygen atoms in total. The Morgan fingerprint density at radius 2 is 1.47 bits per heavy atom. The highest BCUT2D eigenvalue weighted by atomic mass is 32.1. The van der Waals surface area contributed by atoms with Gasteiger partial charge in [-0.2, -0.15) is 25.3 Å². The van der Waals surface area contributed by atoms with E-state index in [4.69, 9.17) is 10.2 Å². The van der Waals surface area contributed by atoms with Crippen molar-refractivity contribution in [2.45, 2.75) is 43.6 Å². The number of hydrogen-bond acceptors (Lipinski definition) is 4. The molecule has 0 rings (SSSR count). The molecule has 15 heavy (non-hydrogen) atoms. The molecule has 0 saturated heterocycles. The Hall–Kier alpha value is -0.360. The monoisotopic (exact) mass is 254 g/mol. The van der Waals surface area contributed by atoms with E-state index in [0.29, 0.717) is 12.8 Å². The Labute approximate surface area is 101 Å². The first kappa shape index (κ1) is 17.0. The van der Waals surface area contributed by atoms with Gasteiger partial charge >= 0.3 is 11.9 Å². The van der Waals surface area contributed by atoms with Gasteiger partial charge in [0, 0.05) is 0 Å². The molecule has 0 fully saturated rings. The molecule has 0 spiro atoms. The number of aliphatic carboxylic acids is 2. The lowest BCUT2D eigenvalue weighted by Crippen LogP contribution is -2.12. The number of carbonyl (C=O) groups is 2. The molecule has 2 N–H and O–H groups in total. The van der Waals surface area contributed by atoms with E-state index in [1.807, 2.05) is 6.92 Å². The minimum absolute atomic E-state index is 0.472. The lowest BCUT2D eigenvalue weighted by atomic mass is 10.2. The van der Waals surface area contributed by atoms with Crippen molar-refractivity contribution >= 4 is 37.2 Å². The summed E-state index contributed by atoms with van der Waals surface area (Å²) in [5, 5.41) is 15.4. The van der Waals surface area contributed by atoms with E-state index >= 15 is 0 Å². The smallest absolute Gasteiger partial charge is 0.316 e. The maximum atomic E-state index is 10.0. The van der Waals surface area contributed by atoms with Gasteiger partial charge in [0.15, 0.2) is 0 Å². The number of carboxylic acids is 2. The van der Waals surface area contributed by atoms with Crippen LogP contribution in [0, 0.1) is 0 Å². The number of rotatable bonds is 5. The largest absolute Gasteiger partial charge is 0.480 e. The fraction of sp³-hybridized carbons (Fsp3) is 0.778. The van der Waals surface area contributed by atoms with Gasteiger partial charge in [0.1, 0.15) is 0 Å². The lowest BCUT2D eigenvalue weighted by Gasteiger charge is -1.99. The first-order chi connectivity index (χ1) is 6.86. The fourth-order valence-corrected chi connectivity index (χ4v) is 0.830. The molecule has 2 atom stereocenters. The molecule has 0 aliphatic heterocycles. The minimum atomic E-state index is -0.842. The van der Waals surface area contributed by atoms with E-state index in [1.165, 1.54) is 0 Å². The first-order valence-corrected chi connectivity index (χ1v) is 5.71. The number of carboxylic acid groups (broad SMARTS) is 2. The van der Waals surface area contributed by atoms with Crippen LogP contribution in [0.25, 0.3) is 0 Å². The van der Waals surface area contributed by atoms with Crippen molar-refractivity contribution in [2.24, 2.45) is 0 Å². The molecule has 0 heterocycles. The molecule has 2 unspecified atom stereocenters. The second kappa shape index (κ2) is 10.2. The molecule has 0 saturated carbocycles. The van der Waals surface area contributed by atoms with Crippen molar-refractivity contribution in [3.8, 4) is 0 Å². The molecule has 0 aromatic heterocycles. The van der Waals surface area contributed by atoms with Crippen LogP contribution in [0.1, 0.15) is 33.1 Å². The summed E-state index contributed by atoms with van der Waals surface area (Å²) in [6.45, 7) is 3.72. The minimum Gasteiger partial charge on any atom is -0.480 e. The van der Waals surface area contributed by atoms with Gasteiger partial charge in [-0.05, 0) is 12.8 Å². The predicted molar refractivity (Wildman–Crippen MR) is 66.0 cm³/mol. The van der Waals surface area contributed by atoms with E-state index in [-0.39, 0.29) is 0 Å². The molecular weight excluding hydrogens is 236 g/mol. The summed E-state index contributed by atoms with van der Waals surface area (Å²) >= 11 is 7.53. The van der Waals surface area contributed by atoms with Gasteiger partial charge in [-0.1, -0.05) is 20.3 Å². The van der Waals surface area contributed by atoms with Crippen LogP contribution in [-0.2, 0) is 9.59 Å². The third-order valence-corrected chi connectivity index (χ3v) is 2.58. The summed E-state index contributed by atoms with van der Waals surface area (Å²) in [4.78, 5) is 19.9. The highest BCUT2D eigenvalue weighted by Gasteiger charge is 2.08. The maximum Gasteiger partial charge on any atom is 0.316 e. The third-order valence-electron chi connectivity index (χ3n) is 1.52. The summed E-state index contributed by atoms with van der Waals surface area (Å²) in [6.07, 6.45) is 2.11. The van der Waals surface area contributed by atoms with E-state index in [1.54, 1.807) is 6.92 Å². The highest BCUT2D eigenvalue weighted by Crippen LogP contribution is 2.02. The zero-order chi connectivity index (χ0) is 12.4. The Kier molecular flexibility index (Phi) is 11.6. The second-order valence-corrected chi connectivity index (χ2v) is 4.15. The zero-order valence-electron chi connectivity index (χ0n) is 8.88. The average molecular weight is 254 g/mol. The van der Waals surface area contributed by atoms with E-state index in [2.05, 4.69) is 25.3 Å². The zero-order valence-corrected chi connectivity index (χ0v) is 10.7. The highest BCUT2D eigenvalue weighted by molar-refractivity contribution is 7.82. The van der Waals surface area contributed by atoms with Crippen LogP contribution >= 0.6 is 25.3 Å². The molecule has 0 aromatic rings. The van der Waals surface area contributed by atoms with Gasteiger partial charge < -0.3 is 10.2 Å². The predicted octanol–water partition coefficient (Wildman–Crippen LogP) is 1.95. The topological polar surface area (TPSA) is 74.6 Å². The van der Waals surface area contributed by atoms with Gasteiger partial charge in [0.25, 0.3) is 0 Å². The summed E-state index contributed by atoms with van der Waals surface area (Å²) in [6, 6.07) is 0. The van der Waals surface area contributed by atoms with Crippen LogP contribution in [0.4, 0.5) is 0 Å². The van der Waals surface area contributed by atoms with E-state index in [0.717, 1.165) is 6.42 Å². The van der Waals surface area contributed by atoms with Crippen LogP contribution in [0.15, 0.2) is 0 Å². The second-order valence-electron chi connectivity index (χ2n) is 2.90. The van der Waals surface area contributed by atoms with Crippen molar-refractivity contribution in [3.05, 3.63) is 0 Å². The maximum absolute atomic E-state index is 10.0. The fourth-order valence-electron chi connectivity index (χ4n) is 0.572. The SMILES string of the molecule is CCC(S)C(=O)O.CCCC(S)C(=O)O. The summed E-state index contributed by atoms with van der Waals surface area (Å²) < 4.78 is 0. The normalized spacial score (nSPS) is 13.3. The van der Waals surface area contributed by atoms with E-state index < -0.39 is 22.4 Å². The Morgan fingerprint density at radius 3 is 1.53 bits per heavy atom. The van der Waals surface area contributed by atoms with E-state index in [9.17, 15) is 9.59 Å². The first-order valence-electron chi connectivity index (χ1n) is 4.68. The molecule has 0 amide bonds. The van der Waals surface area contributed by atoms with Crippen molar-refractivity contribution < 1.29 is 19.8 Å². The third kappa shape index (κ3) is 11.6. The molecule has 0 radical (unpaired) electrons. The van der Waals surface area contributed by atoms with Crippen molar-refractivity contribution in [1.82, 2.24) is 0 Å². The Bertz CT molecular complexity index is 197.